The van der Waals surface area contributed by atoms with E-state index in [1.807, 2.05) is 0 Å². The molecule has 3 fully saturated rings. The van der Waals surface area contributed by atoms with E-state index >= 15 is 0 Å². The van der Waals surface area contributed by atoms with E-state index in [9.17, 15) is 61.0 Å². The number of amides is 1. The van der Waals surface area contributed by atoms with Crippen molar-refractivity contribution in [3.05, 3.63) is 85.1 Å². The lowest BCUT2D eigenvalue weighted by molar-refractivity contribution is -0.379. The molecule has 0 spiro atoms. The van der Waals surface area contributed by atoms with Crippen LogP contribution in [0.2, 0.25) is 0 Å². The molecule has 1 amide bonds. The molecule has 568 valence electrons. The van der Waals surface area contributed by atoms with Gasteiger partial charge in [0.15, 0.2) is 18.9 Å². The Labute approximate surface area is 590 Å². The standard InChI is InChI=1S/C79H139NO18/c1-3-5-7-9-11-13-15-17-19-21-23-25-27-29-31-33-35-37-39-41-43-45-47-49-51-53-55-57-67(85)80-62(63(84)56-54-52-50-48-46-44-42-40-38-36-34-32-30-28-26-24-22-20-18-16-14-12-10-8-6-4-2)61-93-77-73(91)70(88)75(65(59-82)95-77)98-79-74(92)71(89)76(66(60-83)96-79)97-78-72(90)69(87)68(86)64(58-81)94-78/h5,7,11,13,17,19,23,25,29,31,35,37,41,43,62-66,68-79,81-84,86-92H,3-4,6,8-10,12,14-16,18,20-22,24,26-28,30,32-34,36,38-40,42,44-61H2,1-2H3,(H,80,85)/b7-5-,13-11-,19-17-,25-23-,31-29-,37-35-,43-41-. The molecule has 3 aliphatic rings. The lowest BCUT2D eigenvalue weighted by Gasteiger charge is -2.48. The predicted octanol–water partition coefficient (Wildman–Crippen LogP) is 12.2. The largest absolute Gasteiger partial charge is 0.394 e. The number of aliphatic hydroxyl groups is 11. The molecule has 98 heavy (non-hydrogen) atoms. The molecular formula is C79H139NO18. The Hall–Kier alpha value is -3.03. The second kappa shape index (κ2) is 59.4. The minimum absolute atomic E-state index is 0.239. The fraction of sp³-hybridized carbons (Fsp3) is 0.810. The molecule has 0 aromatic rings. The van der Waals surface area contributed by atoms with E-state index in [-0.39, 0.29) is 18.9 Å². The second-order valence-corrected chi connectivity index (χ2v) is 27.4. The maximum atomic E-state index is 13.5. The lowest BCUT2D eigenvalue weighted by Crippen LogP contribution is -2.66. The molecule has 3 aliphatic heterocycles. The van der Waals surface area contributed by atoms with Crippen molar-refractivity contribution in [3.8, 4) is 0 Å². The Morgan fingerprint density at radius 2 is 0.704 bits per heavy atom. The maximum absolute atomic E-state index is 13.5. The summed E-state index contributed by atoms with van der Waals surface area (Å²) in [6, 6.07) is -0.906. The number of carbonyl (C=O) groups is 1. The summed E-state index contributed by atoms with van der Waals surface area (Å²) in [5, 5.41) is 121. The van der Waals surface area contributed by atoms with Crippen LogP contribution >= 0.6 is 0 Å². The Morgan fingerprint density at radius 3 is 1.10 bits per heavy atom. The van der Waals surface area contributed by atoms with Gasteiger partial charge in [0.05, 0.1) is 38.6 Å². The molecule has 0 aliphatic carbocycles. The predicted molar refractivity (Wildman–Crippen MR) is 388 cm³/mol. The number of ether oxygens (including phenoxy) is 6. The molecule has 3 heterocycles. The second-order valence-electron chi connectivity index (χ2n) is 27.4. The molecule has 0 aromatic carbocycles. The third kappa shape index (κ3) is 39.6. The van der Waals surface area contributed by atoms with Gasteiger partial charge in [-0.2, -0.15) is 0 Å². The van der Waals surface area contributed by atoms with Crippen molar-refractivity contribution in [2.45, 2.75) is 381 Å². The van der Waals surface area contributed by atoms with E-state index in [0.717, 1.165) is 103 Å². The van der Waals surface area contributed by atoms with Crippen molar-refractivity contribution in [1.82, 2.24) is 5.32 Å². The van der Waals surface area contributed by atoms with Crippen molar-refractivity contribution < 1.29 is 89.4 Å². The average molecular weight is 1390 g/mol. The molecular weight excluding hydrogens is 1250 g/mol. The summed E-state index contributed by atoms with van der Waals surface area (Å²) in [6.45, 7) is 1.69. The van der Waals surface area contributed by atoms with E-state index in [0.29, 0.717) is 12.8 Å². The van der Waals surface area contributed by atoms with Crippen LogP contribution in [-0.4, -0.2) is 193 Å². The number of aliphatic hydroxyl groups excluding tert-OH is 11. The lowest BCUT2D eigenvalue weighted by atomic mass is 9.96. The zero-order chi connectivity index (χ0) is 71.1. The monoisotopic (exact) mass is 1390 g/mol. The number of unbranched alkanes of at least 4 members (excludes halogenated alkanes) is 30. The SMILES string of the molecule is CC/C=C\C/C=C\C/C=C\C/C=C\C/C=C\C/C=C\C/C=C\CCCCCCCC(=O)NC(COC1OC(CO)C(OC2OC(CO)C(OC3OC(CO)C(O)C(O)C3O)C(O)C2O)C(O)C1O)C(O)CCCCCCCCCCCCCCCCCCCCCCCCCCCC. The van der Waals surface area contributed by atoms with Crippen LogP contribution in [0.25, 0.3) is 0 Å². The van der Waals surface area contributed by atoms with Gasteiger partial charge in [-0.25, -0.2) is 0 Å². The van der Waals surface area contributed by atoms with Crippen LogP contribution in [0.1, 0.15) is 277 Å². The Bertz CT molecular complexity index is 2100. The highest BCUT2D eigenvalue weighted by Gasteiger charge is 2.54. The van der Waals surface area contributed by atoms with Gasteiger partial charge < -0.3 is 89.9 Å². The Morgan fingerprint density at radius 1 is 0.378 bits per heavy atom. The summed E-state index contributed by atoms with van der Waals surface area (Å²) >= 11 is 0. The highest BCUT2D eigenvalue weighted by atomic mass is 16.8. The number of rotatable bonds is 60. The van der Waals surface area contributed by atoms with Crippen LogP contribution in [0, 0.1) is 0 Å². The summed E-state index contributed by atoms with van der Waals surface area (Å²) in [7, 11) is 0. The molecule has 3 rings (SSSR count). The summed E-state index contributed by atoms with van der Waals surface area (Å²) in [6.07, 6.45) is 50.8. The zero-order valence-corrected chi connectivity index (χ0v) is 60.5. The average Bonchev–Trinajstić information content (AvgIpc) is 0.785. The van der Waals surface area contributed by atoms with Gasteiger partial charge in [-0.3, -0.25) is 4.79 Å². The summed E-state index contributed by atoms with van der Waals surface area (Å²) in [5.41, 5.74) is 0. The first-order valence-electron chi connectivity index (χ1n) is 38.8. The highest BCUT2D eigenvalue weighted by molar-refractivity contribution is 5.76. The molecule has 0 aromatic heterocycles. The quantitative estimate of drug-likeness (QED) is 0.0199. The summed E-state index contributed by atoms with van der Waals surface area (Å²) in [4.78, 5) is 13.5. The molecule has 17 atom stereocenters. The van der Waals surface area contributed by atoms with Gasteiger partial charge in [0.2, 0.25) is 5.91 Å². The number of hydrogen-bond donors (Lipinski definition) is 12. The van der Waals surface area contributed by atoms with E-state index in [1.54, 1.807) is 0 Å². The van der Waals surface area contributed by atoms with Crippen molar-refractivity contribution >= 4 is 5.91 Å². The van der Waals surface area contributed by atoms with Crippen LogP contribution < -0.4 is 5.32 Å². The first kappa shape index (κ1) is 89.2. The van der Waals surface area contributed by atoms with E-state index in [2.05, 4.69) is 104 Å². The molecule has 17 unspecified atom stereocenters. The van der Waals surface area contributed by atoms with E-state index in [4.69, 9.17) is 28.4 Å². The number of nitrogens with one attached hydrogen (secondary N) is 1. The minimum atomic E-state index is -1.98. The zero-order valence-electron chi connectivity index (χ0n) is 60.5. The van der Waals surface area contributed by atoms with Crippen molar-refractivity contribution in [2.24, 2.45) is 0 Å². The number of hydrogen-bond acceptors (Lipinski definition) is 18. The Balaban J connectivity index is 1.40. The minimum Gasteiger partial charge on any atom is -0.394 e. The van der Waals surface area contributed by atoms with Gasteiger partial charge in [-0.1, -0.05) is 285 Å². The van der Waals surface area contributed by atoms with Crippen LogP contribution in [0.3, 0.4) is 0 Å². The van der Waals surface area contributed by atoms with Gasteiger partial charge >= 0.3 is 0 Å². The van der Waals surface area contributed by atoms with Crippen LogP contribution in [0.15, 0.2) is 85.1 Å². The highest BCUT2D eigenvalue weighted by Crippen LogP contribution is 2.33. The summed E-state index contributed by atoms with van der Waals surface area (Å²) < 4.78 is 34.5. The van der Waals surface area contributed by atoms with Gasteiger partial charge in [0.25, 0.3) is 0 Å². The van der Waals surface area contributed by atoms with Gasteiger partial charge in [0, 0.05) is 6.42 Å². The van der Waals surface area contributed by atoms with E-state index < -0.39 is 124 Å². The van der Waals surface area contributed by atoms with Crippen molar-refractivity contribution in [1.29, 1.82) is 0 Å². The third-order valence-corrected chi connectivity index (χ3v) is 19.0. The Kier molecular flexibility index (Phi) is 54.0. The molecule has 0 radical (unpaired) electrons. The molecule has 0 bridgehead atoms. The molecule has 12 N–H and O–H groups in total. The fourth-order valence-corrected chi connectivity index (χ4v) is 12.8. The van der Waals surface area contributed by atoms with Crippen molar-refractivity contribution in [2.75, 3.05) is 26.4 Å². The third-order valence-electron chi connectivity index (χ3n) is 19.0. The molecule has 0 saturated carbocycles. The van der Waals surface area contributed by atoms with Crippen molar-refractivity contribution in [3.63, 3.8) is 0 Å². The fourth-order valence-electron chi connectivity index (χ4n) is 12.8. The first-order valence-corrected chi connectivity index (χ1v) is 38.8. The van der Waals surface area contributed by atoms with Crippen LogP contribution in [0.4, 0.5) is 0 Å². The molecule has 19 nitrogen and oxygen atoms in total. The number of allylic oxidation sites excluding steroid dienone is 14. The summed E-state index contributed by atoms with van der Waals surface area (Å²) in [5.74, 6) is -0.262. The van der Waals surface area contributed by atoms with Gasteiger partial charge in [-0.15, -0.1) is 0 Å². The topological polar surface area (TPSA) is 307 Å². The number of carbonyl (C=O) groups excluding carboxylic acids is 1. The molecule has 3 saturated heterocycles. The first-order chi connectivity index (χ1) is 47.8. The maximum Gasteiger partial charge on any atom is 0.220 e. The van der Waals surface area contributed by atoms with E-state index in [1.165, 1.54) is 141 Å². The van der Waals surface area contributed by atoms with Crippen LogP contribution in [-0.2, 0) is 33.2 Å². The van der Waals surface area contributed by atoms with Gasteiger partial charge in [0.1, 0.15) is 73.2 Å². The molecule has 19 heteroatoms. The normalized spacial score (nSPS) is 27.2. The van der Waals surface area contributed by atoms with Crippen LogP contribution in [0.5, 0.6) is 0 Å². The smallest absolute Gasteiger partial charge is 0.220 e. The van der Waals surface area contributed by atoms with Gasteiger partial charge in [-0.05, 0) is 70.6 Å².